The summed E-state index contributed by atoms with van der Waals surface area (Å²) in [5, 5.41) is 8.07. The Labute approximate surface area is 196 Å². The van der Waals surface area contributed by atoms with Gasteiger partial charge in [0.2, 0.25) is 5.91 Å². The van der Waals surface area contributed by atoms with Crippen LogP contribution in [0.1, 0.15) is 36.8 Å². The molecule has 2 saturated heterocycles. The van der Waals surface area contributed by atoms with Gasteiger partial charge in [-0.05, 0) is 67.1 Å². The lowest BCUT2D eigenvalue weighted by atomic mass is 10.0. The van der Waals surface area contributed by atoms with Crippen molar-refractivity contribution in [3.8, 4) is 5.69 Å². The van der Waals surface area contributed by atoms with Crippen LogP contribution in [0.3, 0.4) is 0 Å². The highest BCUT2D eigenvalue weighted by Crippen LogP contribution is 2.22. The number of anilines is 1. The summed E-state index contributed by atoms with van der Waals surface area (Å²) in [6.07, 6.45) is 8.86. The quantitative estimate of drug-likeness (QED) is 0.604. The first-order chi connectivity index (χ1) is 16.2. The van der Waals surface area contributed by atoms with Crippen LogP contribution in [0.4, 0.5) is 5.69 Å². The van der Waals surface area contributed by atoms with Gasteiger partial charge in [-0.1, -0.05) is 24.3 Å². The largest absolute Gasteiger partial charge is 0.371 e. The number of nitrogens with zero attached hydrogens (tertiary/aromatic N) is 4. The van der Waals surface area contributed by atoms with E-state index in [2.05, 4.69) is 63.8 Å². The lowest BCUT2D eigenvalue weighted by molar-refractivity contribution is -0.129. The summed E-state index contributed by atoms with van der Waals surface area (Å²) in [4.78, 5) is 16.8. The van der Waals surface area contributed by atoms with Gasteiger partial charge in [-0.2, -0.15) is 5.10 Å². The zero-order valence-electron chi connectivity index (χ0n) is 19.2. The van der Waals surface area contributed by atoms with Gasteiger partial charge in [0, 0.05) is 56.8 Å². The van der Waals surface area contributed by atoms with E-state index >= 15 is 0 Å². The maximum absolute atomic E-state index is 12.4. The normalized spacial score (nSPS) is 17.0. The van der Waals surface area contributed by atoms with Crippen LogP contribution in [-0.2, 0) is 17.8 Å². The molecule has 0 radical (unpaired) electrons. The number of hydrogen-bond acceptors (Lipinski definition) is 4. The second-order valence-corrected chi connectivity index (χ2v) is 9.19. The predicted molar refractivity (Wildman–Crippen MR) is 132 cm³/mol. The molecule has 2 aromatic carbocycles. The van der Waals surface area contributed by atoms with Gasteiger partial charge in [0.05, 0.1) is 12.1 Å². The van der Waals surface area contributed by atoms with Gasteiger partial charge in [-0.15, -0.1) is 0 Å². The fraction of sp³-hybridized carbons (Fsp3) is 0.407. The molecule has 33 heavy (non-hydrogen) atoms. The minimum absolute atomic E-state index is 0.266. The molecule has 2 aliphatic rings. The van der Waals surface area contributed by atoms with Gasteiger partial charge in [-0.3, -0.25) is 4.79 Å². The van der Waals surface area contributed by atoms with Gasteiger partial charge in [0.25, 0.3) is 0 Å². The number of likely N-dealkylation sites (tertiary alicyclic amines) is 1. The van der Waals surface area contributed by atoms with Crippen molar-refractivity contribution in [2.75, 3.05) is 31.1 Å². The number of piperidine rings is 1. The number of aromatic nitrogens is 2. The Hall–Kier alpha value is -3.12. The highest BCUT2D eigenvalue weighted by atomic mass is 16.2. The summed E-state index contributed by atoms with van der Waals surface area (Å²) in [5.41, 5.74) is 4.76. The SMILES string of the molecule is O=C(Cc1ccc(N2CCC(NCc3cccc(-n4cccn4)c3)CC2)cc1)N1CCCC1. The molecule has 6 heteroatoms. The fourth-order valence-corrected chi connectivity index (χ4v) is 4.91. The van der Waals surface area contributed by atoms with Crippen LogP contribution >= 0.6 is 0 Å². The summed E-state index contributed by atoms with van der Waals surface area (Å²) in [5.74, 6) is 0.266. The van der Waals surface area contributed by atoms with Crippen LogP contribution in [0, 0.1) is 0 Å². The second kappa shape index (κ2) is 10.2. The smallest absolute Gasteiger partial charge is 0.226 e. The maximum atomic E-state index is 12.4. The van der Waals surface area contributed by atoms with Crippen molar-refractivity contribution < 1.29 is 4.79 Å². The van der Waals surface area contributed by atoms with Crippen molar-refractivity contribution in [3.05, 3.63) is 78.1 Å². The van der Waals surface area contributed by atoms with Crippen LogP contribution in [0.15, 0.2) is 67.0 Å². The van der Waals surface area contributed by atoms with E-state index in [-0.39, 0.29) is 5.91 Å². The van der Waals surface area contributed by atoms with Crippen molar-refractivity contribution in [3.63, 3.8) is 0 Å². The molecule has 1 N–H and O–H groups in total. The Morgan fingerprint density at radius 1 is 0.909 bits per heavy atom. The Balaban J connectivity index is 1.09. The third-order valence-corrected chi connectivity index (χ3v) is 6.88. The lowest BCUT2D eigenvalue weighted by Gasteiger charge is -2.34. The summed E-state index contributed by atoms with van der Waals surface area (Å²) < 4.78 is 1.90. The summed E-state index contributed by atoms with van der Waals surface area (Å²) in [7, 11) is 0. The number of benzene rings is 2. The van der Waals surface area contributed by atoms with E-state index in [9.17, 15) is 4.79 Å². The molecule has 2 fully saturated rings. The third kappa shape index (κ3) is 5.45. The monoisotopic (exact) mass is 443 g/mol. The van der Waals surface area contributed by atoms with E-state index in [1.807, 2.05) is 21.8 Å². The molecular weight excluding hydrogens is 410 g/mol. The van der Waals surface area contributed by atoms with Crippen molar-refractivity contribution >= 4 is 11.6 Å². The molecule has 0 aliphatic carbocycles. The van der Waals surface area contributed by atoms with E-state index in [0.29, 0.717) is 12.5 Å². The molecule has 2 aliphatic heterocycles. The van der Waals surface area contributed by atoms with Crippen LogP contribution in [0.2, 0.25) is 0 Å². The maximum Gasteiger partial charge on any atom is 0.226 e. The number of nitrogens with one attached hydrogen (secondary N) is 1. The molecule has 0 saturated carbocycles. The van der Waals surface area contributed by atoms with Crippen molar-refractivity contribution in [1.82, 2.24) is 20.0 Å². The molecule has 3 aromatic rings. The van der Waals surface area contributed by atoms with Crippen molar-refractivity contribution in [2.24, 2.45) is 0 Å². The summed E-state index contributed by atoms with van der Waals surface area (Å²) in [6, 6.07) is 19.6. The highest BCUT2D eigenvalue weighted by molar-refractivity contribution is 5.79. The summed E-state index contributed by atoms with van der Waals surface area (Å²) in [6.45, 7) is 4.83. The van der Waals surface area contributed by atoms with E-state index in [1.165, 1.54) is 11.3 Å². The molecule has 0 unspecified atom stereocenters. The molecule has 3 heterocycles. The number of amides is 1. The van der Waals surface area contributed by atoms with Crippen LogP contribution < -0.4 is 10.2 Å². The molecule has 0 atom stereocenters. The average molecular weight is 444 g/mol. The third-order valence-electron chi connectivity index (χ3n) is 6.88. The molecule has 0 spiro atoms. The molecule has 6 nitrogen and oxygen atoms in total. The van der Waals surface area contributed by atoms with Gasteiger partial charge in [-0.25, -0.2) is 4.68 Å². The van der Waals surface area contributed by atoms with Gasteiger partial charge < -0.3 is 15.1 Å². The van der Waals surface area contributed by atoms with Crippen molar-refractivity contribution in [2.45, 2.75) is 44.7 Å². The molecule has 1 aromatic heterocycles. The number of carbonyl (C=O) groups is 1. The topological polar surface area (TPSA) is 53.4 Å². The predicted octanol–water partition coefficient (Wildman–Crippen LogP) is 3.80. The second-order valence-electron chi connectivity index (χ2n) is 9.19. The number of carbonyl (C=O) groups excluding carboxylic acids is 1. The van der Waals surface area contributed by atoms with Crippen LogP contribution in [0.25, 0.3) is 5.69 Å². The highest BCUT2D eigenvalue weighted by Gasteiger charge is 2.20. The number of hydrogen-bond donors (Lipinski definition) is 1. The summed E-state index contributed by atoms with van der Waals surface area (Å²) >= 11 is 0. The minimum atomic E-state index is 0.266. The molecule has 172 valence electrons. The molecule has 5 rings (SSSR count). The van der Waals surface area contributed by atoms with E-state index in [0.717, 1.165) is 69.7 Å². The first kappa shape index (κ1) is 21.7. The Kier molecular flexibility index (Phi) is 6.72. The minimum Gasteiger partial charge on any atom is -0.371 e. The van der Waals surface area contributed by atoms with E-state index < -0.39 is 0 Å². The van der Waals surface area contributed by atoms with Gasteiger partial charge in [0.15, 0.2) is 0 Å². The first-order valence-electron chi connectivity index (χ1n) is 12.2. The zero-order chi connectivity index (χ0) is 22.5. The Morgan fingerprint density at radius 3 is 2.42 bits per heavy atom. The first-order valence-corrected chi connectivity index (χ1v) is 12.2. The van der Waals surface area contributed by atoms with E-state index in [1.54, 1.807) is 6.20 Å². The Bertz CT molecular complexity index is 1030. The molecule has 0 bridgehead atoms. The van der Waals surface area contributed by atoms with Gasteiger partial charge >= 0.3 is 0 Å². The number of rotatable bonds is 7. The Morgan fingerprint density at radius 2 is 1.70 bits per heavy atom. The lowest BCUT2D eigenvalue weighted by Crippen LogP contribution is -2.42. The standard InChI is InChI=1S/C27H33N5O/c33-27(31-14-1-2-15-31)20-22-7-9-25(10-8-22)30-17-11-24(12-18-30)28-21-23-5-3-6-26(19-23)32-16-4-13-29-32/h3-10,13,16,19,24,28H,1-2,11-12,14-15,17-18,20-21H2. The van der Waals surface area contributed by atoms with Gasteiger partial charge in [0.1, 0.15) is 0 Å². The molecular formula is C27H33N5O. The molecule has 1 amide bonds. The zero-order valence-corrected chi connectivity index (χ0v) is 19.2. The average Bonchev–Trinajstić information content (AvgIpc) is 3.59. The fourth-order valence-electron chi connectivity index (χ4n) is 4.91. The van der Waals surface area contributed by atoms with Crippen LogP contribution in [0.5, 0.6) is 0 Å². The van der Waals surface area contributed by atoms with Crippen LogP contribution in [-0.4, -0.2) is 52.8 Å². The van der Waals surface area contributed by atoms with Crippen molar-refractivity contribution in [1.29, 1.82) is 0 Å². The van der Waals surface area contributed by atoms with E-state index in [4.69, 9.17) is 0 Å².